The van der Waals surface area contributed by atoms with Crippen LogP contribution in [0, 0.1) is 0 Å². The van der Waals surface area contributed by atoms with Crippen LogP contribution in [0.15, 0.2) is 30.3 Å². The normalized spacial score (nSPS) is 10.7. The molecule has 2 aromatic carbocycles. The maximum atomic E-state index is 12.0. The maximum Gasteiger partial charge on any atom is 0.303 e. The van der Waals surface area contributed by atoms with Crippen molar-refractivity contribution in [1.29, 1.82) is 0 Å². The molecule has 0 aliphatic heterocycles. The van der Waals surface area contributed by atoms with Crippen LogP contribution < -0.4 is 10.1 Å². The predicted molar refractivity (Wildman–Crippen MR) is 104 cm³/mol. The first-order valence-electron chi connectivity index (χ1n) is 8.18. The molecule has 27 heavy (non-hydrogen) atoms. The Balaban J connectivity index is 2.32. The van der Waals surface area contributed by atoms with Crippen LogP contribution in [-0.4, -0.2) is 22.1 Å². The lowest BCUT2D eigenvalue weighted by molar-refractivity contribution is -0.138. The standard InChI is InChI=1S/C19H19Cl2NO5/c1-10(2)13-9-12(3-4-16(13)23)27-19-14(21)7-11(20)8-15(19)22-17(24)5-6-18(25)26/h3-4,7-10,23H,5-6H2,1-2H3,(H,22,24)(H,25,26). The number of ether oxygens (including phenoxy) is 1. The number of nitrogens with one attached hydrogen (secondary N) is 1. The van der Waals surface area contributed by atoms with E-state index in [1.165, 1.54) is 18.2 Å². The topological polar surface area (TPSA) is 95.9 Å². The summed E-state index contributed by atoms with van der Waals surface area (Å²) in [7, 11) is 0. The number of amides is 1. The van der Waals surface area contributed by atoms with E-state index < -0.39 is 11.9 Å². The zero-order chi connectivity index (χ0) is 20.1. The van der Waals surface area contributed by atoms with Crippen LogP contribution in [0.2, 0.25) is 10.0 Å². The van der Waals surface area contributed by atoms with Crippen molar-refractivity contribution in [3.8, 4) is 17.2 Å². The Morgan fingerprint density at radius 1 is 1.15 bits per heavy atom. The summed E-state index contributed by atoms with van der Waals surface area (Å²) < 4.78 is 5.83. The highest BCUT2D eigenvalue weighted by Crippen LogP contribution is 2.40. The van der Waals surface area contributed by atoms with E-state index in [1.54, 1.807) is 12.1 Å². The number of aromatic hydroxyl groups is 1. The molecule has 2 rings (SSSR count). The molecule has 3 N–H and O–H groups in total. The number of carbonyl (C=O) groups is 2. The van der Waals surface area contributed by atoms with Gasteiger partial charge in [-0.05, 0) is 36.2 Å². The number of phenols is 1. The molecule has 0 aromatic heterocycles. The van der Waals surface area contributed by atoms with Crippen LogP contribution in [0.4, 0.5) is 5.69 Å². The van der Waals surface area contributed by atoms with E-state index in [0.717, 1.165) is 0 Å². The summed E-state index contributed by atoms with van der Waals surface area (Å²) in [5.41, 5.74) is 0.923. The number of anilines is 1. The molecule has 1 amide bonds. The number of phenolic OH excluding ortho intramolecular Hbond substituents is 1. The van der Waals surface area contributed by atoms with Gasteiger partial charge in [0.1, 0.15) is 11.5 Å². The number of aliphatic carboxylic acids is 1. The van der Waals surface area contributed by atoms with Gasteiger partial charge in [0.2, 0.25) is 5.91 Å². The van der Waals surface area contributed by atoms with Gasteiger partial charge in [0.25, 0.3) is 0 Å². The minimum absolute atomic E-state index is 0.0735. The number of rotatable bonds is 7. The summed E-state index contributed by atoms with van der Waals surface area (Å²) in [6.07, 6.45) is -0.498. The van der Waals surface area contributed by atoms with Gasteiger partial charge in [-0.3, -0.25) is 9.59 Å². The van der Waals surface area contributed by atoms with Crippen molar-refractivity contribution in [1.82, 2.24) is 0 Å². The molecular weight excluding hydrogens is 393 g/mol. The van der Waals surface area contributed by atoms with Gasteiger partial charge in [0.05, 0.1) is 17.1 Å². The molecular formula is C19H19Cl2NO5. The number of benzene rings is 2. The van der Waals surface area contributed by atoms with Gasteiger partial charge < -0.3 is 20.3 Å². The van der Waals surface area contributed by atoms with E-state index in [9.17, 15) is 14.7 Å². The Labute approximate surface area is 166 Å². The van der Waals surface area contributed by atoms with E-state index in [0.29, 0.717) is 11.3 Å². The van der Waals surface area contributed by atoms with Crippen LogP contribution in [0.5, 0.6) is 17.2 Å². The molecule has 0 unspecified atom stereocenters. The van der Waals surface area contributed by atoms with Crippen molar-refractivity contribution < 1.29 is 24.5 Å². The minimum Gasteiger partial charge on any atom is -0.508 e. The average molecular weight is 412 g/mol. The molecule has 0 aliphatic carbocycles. The molecule has 0 radical (unpaired) electrons. The Morgan fingerprint density at radius 3 is 2.48 bits per heavy atom. The Hall–Kier alpha value is -2.44. The Kier molecular flexibility index (Phi) is 6.93. The molecule has 8 heteroatoms. The van der Waals surface area contributed by atoms with Gasteiger partial charge in [-0.15, -0.1) is 0 Å². The zero-order valence-electron chi connectivity index (χ0n) is 14.8. The third kappa shape index (κ3) is 5.77. The van der Waals surface area contributed by atoms with E-state index in [2.05, 4.69) is 5.32 Å². The number of carboxylic acid groups (broad SMARTS) is 1. The highest BCUT2D eigenvalue weighted by molar-refractivity contribution is 6.36. The molecule has 0 spiro atoms. The lowest BCUT2D eigenvalue weighted by atomic mass is 10.0. The first-order chi connectivity index (χ1) is 12.7. The third-order valence-electron chi connectivity index (χ3n) is 3.69. The SMILES string of the molecule is CC(C)c1cc(Oc2c(Cl)cc(Cl)cc2NC(=O)CCC(=O)O)ccc1O. The zero-order valence-corrected chi connectivity index (χ0v) is 16.3. The summed E-state index contributed by atoms with van der Waals surface area (Å²) >= 11 is 12.2. The average Bonchev–Trinajstić information content (AvgIpc) is 2.57. The Bertz CT molecular complexity index is 867. The van der Waals surface area contributed by atoms with Crippen LogP contribution in [0.25, 0.3) is 0 Å². The van der Waals surface area contributed by atoms with Crippen LogP contribution in [-0.2, 0) is 9.59 Å². The lowest BCUT2D eigenvalue weighted by Crippen LogP contribution is -2.14. The molecule has 2 aromatic rings. The van der Waals surface area contributed by atoms with Crippen molar-refractivity contribution >= 4 is 40.8 Å². The van der Waals surface area contributed by atoms with Crippen LogP contribution in [0.3, 0.4) is 0 Å². The number of carboxylic acids is 1. The first-order valence-corrected chi connectivity index (χ1v) is 8.94. The second kappa shape index (κ2) is 8.97. The predicted octanol–water partition coefficient (Wildman–Crippen LogP) is 5.42. The summed E-state index contributed by atoms with van der Waals surface area (Å²) in [5, 5.41) is 21.7. The second-order valence-electron chi connectivity index (χ2n) is 6.18. The first kappa shape index (κ1) is 20.9. The fourth-order valence-electron chi connectivity index (χ4n) is 2.37. The number of hydrogen-bond donors (Lipinski definition) is 3. The largest absolute Gasteiger partial charge is 0.508 e. The summed E-state index contributed by atoms with van der Waals surface area (Å²) in [6, 6.07) is 7.70. The molecule has 0 fully saturated rings. The van der Waals surface area contributed by atoms with Gasteiger partial charge in [0, 0.05) is 17.0 Å². The van der Waals surface area contributed by atoms with Crippen molar-refractivity contribution in [2.45, 2.75) is 32.6 Å². The van der Waals surface area contributed by atoms with Gasteiger partial charge in [-0.2, -0.15) is 0 Å². The van der Waals surface area contributed by atoms with Gasteiger partial charge >= 0.3 is 5.97 Å². The van der Waals surface area contributed by atoms with Gasteiger partial charge in [-0.1, -0.05) is 37.0 Å². The third-order valence-corrected chi connectivity index (χ3v) is 4.19. The molecule has 0 bridgehead atoms. The molecule has 144 valence electrons. The van der Waals surface area contributed by atoms with Crippen molar-refractivity contribution in [2.75, 3.05) is 5.32 Å². The van der Waals surface area contributed by atoms with Gasteiger partial charge in [0.15, 0.2) is 5.75 Å². The maximum absolute atomic E-state index is 12.0. The highest BCUT2D eigenvalue weighted by Gasteiger charge is 2.16. The summed E-state index contributed by atoms with van der Waals surface area (Å²) in [5.74, 6) is -0.761. The number of halogens is 2. The minimum atomic E-state index is -1.07. The van der Waals surface area contributed by atoms with Crippen molar-refractivity contribution in [3.05, 3.63) is 45.9 Å². The van der Waals surface area contributed by atoms with Crippen molar-refractivity contribution in [2.24, 2.45) is 0 Å². The second-order valence-corrected chi connectivity index (χ2v) is 7.03. The smallest absolute Gasteiger partial charge is 0.303 e. The molecule has 0 atom stereocenters. The highest BCUT2D eigenvalue weighted by atomic mass is 35.5. The van der Waals surface area contributed by atoms with E-state index in [-0.39, 0.29) is 46.0 Å². The fourth-order valence-corrected chi connectivity index (χ4v) is 2.90. The summed E-state index contributed by atoms with van der Waals surface area (Å²) in [4.78, 5) is 22.6. The van der Waals surface area contributed by atoms with Crippen LogP contribution in [0.1, 0.15) is 38.2 Å². The summed E-state index contributed by atoms with van der Waals surface area (Å²) in [6.45, 7) is 3.87. The van der Waals surface area contributed by atoms with E-state index in [1.807, 2.05) is 13.8 Å². The number of carbonyl (C=O) groups excluding carboxylic acids is 1. The molecule has 0 saturated carbocycles. The monoisotopic (exact) mass is 411 g/mol. The molecule has 0 heterocycles. The van der Waals surface area contributed by atoms with Crippen LogP contribution >= 0.6 is 23.2 Å². The molecule has 0 saturated heterocycles. The number of hydrogen-bond acceptors (Lipinski definition) is 4. The van der Waals surface area contributed by atoms with Gasteiger partial charge in [-0.25, -0.2) is 0 Å². The fraction of sp³-hybridized carbons (Fsp3) is 0.263. The van der Waals surface area contributed by atoms with E-state index in [4.69, 9.17) is 33.0 Å². The van der Waals surface area contributed by atoms with Crippen molar-refractivity contribution in [3.63, 3.8) is 0 Å². The Morgan fingerprint density at radius 2 is 1.85 bits per heavy atom. The molecule has 6 nitrogen and oxygen atoms in total. The van der Waals surface area contributed by atoms with E-state index >= 15 is 0 Å². The molecule has 0 aliphatic rings. The lowest BCUT2D eigenvalue weighted by Gasteiger charge is -2.16. The quantitative estimate of drug-likeness (QED) is 0.565.